The first kappa shape index (κ1) is 15.7. The second kappa shape index (κ2) is 5.63. The average molecular weight is 363 g/mol. The average Bonchev–Trinajstić information content (AvgIpc) is 3.19. The fourth-order valence-corrected chi connectivity index (χ4v) is 5.62. The lowest BCUT2D eigenvalue weighted by Crippen LogP contribution is -2.48. The zero-order valence-corrected chi connectivity index (χ0v) is 15.0. The molecule has 2 amide bonds. The van der Waals surface area contributed by atoms with Crippen LogP contribution in [0.3, 0.4) is 0 Å². The topological polar surface area (TPSA) is 71.5 Å². The van der Waals surface area contributed by atoms with Crippen molar-refractivity contribution in [1.82, 2.24) is 9.88 Å². The van der Waals surface area contributed by atoms with Crippen LogP contribution in [0.5, 0.6) is 5.75 Å². The zero-order valence-electron chi connectivity index (χ0n) is 13.4. The molecule has 2 aliphatic heterocycles. The van der Waals surface area contributed by atoms with Crippen LogP contribution >= 0.6 is 23.1 Å². The van der Waals surface area contributed by atoms with E-state index >= 15 is 0 Å². The maximum atomic E-state index is 12.7. The number of benzene rings is 1. The molecule has 0 spiro atoms. The summed E-state index contributed by atoms with van der Waals surface area (Å²) in [5, 5.41) is 3.43. The Hall–Kier alpha value is -1.80. The van der Waals surface area contributed by atoms with Crippen LogP contribution in [-0.4, -0.2) is 45.5 Å². The van der Waals surface area contributed by atoms with E-state index in [1.165, 1.54) is 11.3 Å². The molecule has 8 heteroatoms. The van der Waals surface area contributed by atoms with Crippen molar-refractivity contribution in [2.24, 2.45) is 0 Å². The van der Waals surface area contributed by atoms with Gasteiger partial charge in [0.15, 0.2) is 5.13 Å². The Kier molecular flexibility index (Phi) is 3.69. The summed E-state index contributed by atoms with van der Waals surface area (Å²) in [6.07, 6.45) is 1.33. The predicted octanol–water partition coefficient (Wildman–Crippen LogP) is 2.70. The second-order valence-corrected chi connectivity index (χ2v) is 8.64. The number of hydrogen-bond donors (Lipinski definition) is 1. The maximum absolute atomic E-state index is 12.7. The molecule has 0 aliphatic carbocycles. The van der Waals surface area contributed by atoms with Gasteiger partial charge in [0.1, 0.15) is 11.8 Å². The Morgan fingerprint density at radius 1 is 1.50 bits per heavy atom. The summed E-state index contributed by atoms with van der Waals surface area (Å²) in [5.41, 5.74) is 0.819. The number of nitrogens with one attached hydrogen (secondary N) is 1. The predicted molar refractivity (Wildman–Crippen MR) is 95.5 cm³/mol. The molecule has 1 aromatic carbocycles. The van der Waals surface area contributed by atoms with Crippen molar-refractivity contribution in [3.63, 3.8) is 0 Å². The maximum Gasteiger partial charge on any atom is 0.249 e. The van der Waals surface area contributed by atoms with Gasteiger partial charge in [0.25, 0.3) is 0 Å². The molecule has 2 saturated heterocycles. The Morgan fingerprint density at radius 3 is 3.12 bits per heavy atom. The number of rotatable bonds is 3. The third-order valence-electron chi connectivity index (χ3n) is 4.57. The summed E-state index contributed by atoms with van der Waals surface area (Å²) in [5.74, 6) is 1.30. The van der Waals surface area contributed by atoms with Crippen molar-refractivity contribution in [3.05, 3.63) is 18.2 Å². The molecule has 4 rings (SSSR count). The highest BCUT2D eigenvalue weighted by Gasteiger charge is 2.52. The SMILES string of the molecule is COc1ccc2nc(NC(=O)[C@@H]3CS[C@@]4(C)CCC(=O)N34)sc2c1. The van der Waals surface area contributed by atoms with Gasteiger partial charge in [-0.1, -0.05) is 11.3 Å². The number of hydrogen-bond acceptors (Lipinski definition) is 6. The largest absolute Gasteiger partial charge is 0.497 e. The van der Waals surface area contributed by atoms with Crippen molar-refractivity contribution in [3.8, 4) is 5.75 Å². The summed E-state index contributed by atoms with van der Waals surface area (Å²) in [7, 11) is 1.62. The van der Waals surface area contributed by atoms with Crippen molar-refractivity contribution >= 4 is 50.3 Å². The molecule has 24 heavy (non-hydrogen) atoms. The van der Waals surface area contributed by atoms with E-state index in [0.29, 0.717) is 17.3 Å². The van der Waals surface area contributed by atoms with Gasteiger partial charge in [-0.3, -0.25) is 9.59 Å². The normalized spacial score (nSPS) is 26.0. The van der Waals surface area contributed by atoms with Gasteiger partial charge >= 0.3 is 0 Å². The molecular weight excluding hydrogens is 346 g/mol. The van der Waals surface area contributed by atoms with E-state index in [4.69, 9.17) is 4.74 Å². The van der Waals surface area contributed by atoms with Gasteiger partial charge in [0.2, 0.25) is 11.8 Å². The molecule has 2 aliphatic rings. The van der Waals surface area contributed by atoms with Gasteiger partial charge in [-0.05, 0) is 31.5 Å². The van der Waals surface area contributed by atoms with Crippen LogP contribution < -0.4 is 10.1 Å². The number of amides is 2. The van der Waals surface area contributed by atoms with E-state index < -0.39 is 6.04 Å². The Morgan fingerprint density at radius 2 is 2.33 bits per heavy atom. The number of nitrogens with zero attached hydrogens (tertiary/aromatic N) is 2. The van der Waals surface area contributed by atoms with Crippen LogP contribution in [0.15, 0.2) is 18.2 Å². The molecule has 0 unspecified atom stereocenters. The van der Waals surface area contributed by atoms with Crippen molar-refractivity contribution in [2.45, 2.75) is 30.7 Å². The zero-order chi connectivity index (χ0) is 16.9. The van der Waals surface area contributed by atoms with E-state index in [2.05, 4.69) is 10.3 Å². The van der Waals surface area contributed by atoms with Gasteiger partial charge in [0.05, 0.1) is 22.2 Å². The number of carbonyl (C=O) groups is 2. The number of thioether (sulfide) groups is 1. The van der Waals surface area contributed by atoms with Crippen molar-refractivity contribution in [1.29, 1.82) is 0 Å². The van der Waals surface area contributed by atoms with Gasteiger partial charge in [-0.25, -0.2) is 4.98 Å². The first-order valence-corrected chi connectivity index (χ1v) is 9.52. The molecule has 3 heterocycles. The molecule has 0 bridgehead atoms. The first-order chi connectivity index (χ1) is 11.5. The molecule has 6 nitrogen and oxygen atoms in total. The monoisotopic (exact) mass is 363 g/mol. The van der Waals surface area contributed by atoms with E-state index in [9.17, 15) is 9.59 Å². The molecule has 126 valence electrons. The number of aromatic nitrogens is 1. The Labute approximate surface area is 147 Å². The highest BCUT2D eigenvalue weighted by molar-refractivity contribution is 8.01. The second-order valence-electron chi connectivity index (χ2n) is 6.11. The van der Waals surface area contributed by atoms with Gasteiger partial charge in [-0.2, -0.15) is 0 Å². The summed E-state index contributed by atoms with van der Waals surface area (Å²) in [4.78, 5) is 30.8. The molecule has 2 aromatic rings. The van der Waals surface area contributed by atoms with Crippen LogP contribution in [0, 0.1) is 0 Å². The minimum atomic E-state index is -0.420. The molecule has 0 saturated carbocycles. The van der Waals surface area contributed by atoms with Crippen LogP contribution in [0.25, 0.3) is 10.2 Å². The Bertz CT molecular complexity index is 837. The van der Waals surface area contributed by atoms with Crippen molar-refractivity contribution in [2.75, 3.05) is 18.2 Å². The van der Waals surface area contributed by atoms with Crippen LogP contribution in [-0.2, 0) is 9.59 Å². The molecule has 2 fully saturated rings. The van der Waals surface area contributed by atoms with E-state index in [-0.39, 0.29) is 16.7 Å². The summed E-state index contributed by atoms with van der Waals surface area (Å²) < 4.78 is 6.16. The standard InChI is InChI=1S/C16H17N3O3S2/c1-16-6-5-13(20)19(16)11(8-23-16)14(21)18-15-17-10-4-3-9(22-2)7-12(10)24-15/h3-4,7,11H,5-6,8H2,1-2H3,(H,17,18,21)/t11-,16-/m0/s1. The van der Waals surface area contributed by atoms with E-state index in [1.54, 1.807) is 23.8 Å². The lowest BCUT2D eigenvalue weighted by molar-refractivity contribution is -0.135. The molecule has 1 N–H and O–H groups in total. The van der Waals surface area contributed by atoms with Gasteiger partial charge in [0, 0.05) is 12.2 Å². The smallest absolute Gasteiger partial charge is 0.249 e. The summed E-state index contributed by atoms with van der Waals surface area (Å²) in [6, 6.07) is 5.19. The summed E-state index contributed by atoms with van der Waals surface area (Å²) >= 11 is 3.09. The lowest BCUT2D eigenvalue weighted by Gasteiger charge is -2.29. The van der Waals surface area contributed by atoms with Crippen molar-refractivity contribution < 1.29 is 14.3 Å². The minimum absolute atomic E-state index is 0.0664. The van der Waals surface area contributed by atoms with Gasteiger partial charge < -0.3 is 15.0 Å². The van der Waals surface area contributed by atoms with Crippen LogP contribution in [0.1, 0.15) is 19.8 Å². The number of ether oxygens (including phenoxy) is 1. The quantitative estimate of drug-likeness (QED) is 0.908. The number of anilines is 1. The number of methoxy groups -OCH3 is 1. The number of carbonyl (C=O) groups excluding carboxylic acids is 2. The van der Waals surface area contributed by atoms with Crippen LogP contribution in [0.2, 0.25) is 0 Å². The third kappa shape index (κ3) is 2.44. The Balaban J connectivity index is 1.55. The molecule has 2 atom stereocenters. The molecule has 0 radical (unpaired) electrons. The number of fused-ring (bicyclic) bond motifs is 2. The van der Waals surface area contributed by atoms with Gasteiger partial charge in [-0.15, -0.1) is 11.8 Å². The molecule has 1 aromatic heterocycles. The van der Waals surface area contributed by atoms with Crippen LogP contribution in [0.4, 0.5) is 5.13 Å². The van der Waals surface area contributed by atoms with E-state index in [0.717, 1.165) is 22.4 Å². The third-order valence-corrected chi connectivity index (χ3v) is 7.01. The highest BCUT2D eigenvalue weighted by Crippen LogP contribution is 2.47. The summed E-state index contributed by atoms with van der Waals surface area (Å²) in [6.45, 7) is 2.04. The lowest BCUT2D eigenvalue weighted by atomic mass is 10.2. The minimum Gasteiger partial charge on any atom is -0.497 e. The first-order valence-electron chi connectivity index (χ1n) is 7.72. The van der Waals surface area contributed by atoms with E-state index in [1.807, 2.05) is 25.1 Å². The number of thiazole rings is 1. The fraction of sp³-hybridized carbons (Fsp3) is 0.438. The fourth-order valence-electron chi connectivity index (χ4n) is 3.29. The highest BCUT2D eigenvalue weighted by atomic mass is 32.2. The molecular formula is C16H17N3O3S2.